The van der Waals surface area contributed by atoms with Crippen molar-refractivity contribution < 1.29 is 14.3 Å². The molecule has 0 saturated heterocycles. The largest absolute Gasteiger partial charge is 0.508 e. The minimum Gasteiger partial charge on any atom is -0.508 e. The Labute approximate surface area is 137 Å². The molecular weight excluding hydrogens is 306 g/mol. The summed E-state index contributed by atoms with van der Waals surface area (Å²) in [5, 5.41) is 12.7. The molecule has 5 nitrogen and oxygen atoms in total. The van der Waals surface area contributed by atoms with Gasteiger partial charge >= 0.3 is 0 Å². The van der Waals surface area contributed by atoms with Gasteiger partial charge in [0.05, 0.1) is 17.0 Å². The highest BCUT2D eigenvalue weighted by Crippen LogP contribution is 2.32. The maximum Gasteiger partial charge on any atom is 0.288 e. The second kappa shape index (κ2) is 4.96. The molecule has 0 radical (unpaired) electrons. The molecule has 2 aromatic carbocycles. The lowest BCUT2D eigenvalue weighted by Crippen LogP contribution is -2.21. The van der Waals surface area contributed by atoms with Crippen LogP contribution in [-0.2, 0) is 0 Å². The molecule has 1 aromatic heterocycles. The number of phenols is 1. The van der Waals surface area contributed by atoms with Crippen molar-refractivity contribution in [2.75, 3.05) is 0 Å². The van der Waals surface area contributed by atoms with Gasteiger partial charge < -0.3 is 14.8 Å². The Balaban J connectivity index is 2.00. The second-order valence-electron chi connectivity index (χ2n) is 6.10. The van der Waals surface area contributed by atoms with Gasteiger partial charge in [-0.2, -0.15) is 0 Å². The van der Waals surface area contributed by atoms with E-state index in [1.165, 1.54) is 12.1 Å². The number of aromatic hydroxyl groups is 1. The first kappa shape index (κ1) is 14.5. The molecule has 2 N–H and O–H groups in total. The van der Waals surface area contributed by atoms with Crippen molar-refractivity contribution in [1.29, 1.82) is 0 Å². The number of benzene rings is 2. The Bertz CT molecular complexity index is 1050. The van der Waals surface area contributed by atoms with Gasteiger partial charge in [0.2, 0.25) is 5.76 Å². The Morgan fingerprint density at radius 3 is 2.42 bits per heavy atom. The van der Waals surface area contributed by atoms with Gasteiger partial charge in [-0.3, -0.25) is 9.59 Å². The number of hydrogen-bond donors (Lipinski definition) is 2. The summed E-state index contributed by atoms with van der Waals surface area (Å²) in [6.45, 7) is 3.86. The second-order valence-corrected chi connectivity index (χ2v) is 6.10. The highest BCUT2D eigenvalue weighted by atomic mass is 16.3. The summed E-state index contributed by atoms with van der Waals surface area (Å²) in [7, 11) is 0. The summed E-state index contributed by atoms with van der Waals surface area (Å²) in [6, 6.07) is 9.42. The molecule has 1 aliphatic rings. The SMILES string of the molecule is Cc1cc2oc3c(c(=O)c2cc1C)[C@@H](c1ccc(O)cc1)NC3=O. The summed E-state index contributed by atoms with van der Waals surface area (Å²) < 4.78 is 5.75. The van der Waals surface area contributed by atoms with Crippen LogP contribution >= 0.6 is 0 Å². The van der Waals surface area contributed by atoms with Crippen molar-refractivity contribution in [2.24, 2.45) is 0 Å². The number of carbonyl (C=O) groups is 1. The number of aryl methyl sites for hydroxylation is 2. The molecule has 5 heteroatoms. The molecule has 0 unspecified atom stereocenters. The average molecular weight is 321 g/mol. The first-order chi connectivity index (χ1) is 11.5. The lowest BCUT2D eigenvalue weighted by atomic mass is 9.98. The zero-order valence-corrected chi connectivity index (χ0v) is 13.2. The van der Waals surface area contributed by atoms with Gasteiger partial charge in [0.15, 0.2) is 5.43 Å². The molecule has 1 atom stereocenters. The lowest BCUT2D eigenvalue weighted by molar-refractivity contribution is 0.0938. The quantitative estimate of drug-likeness (QED) is 0.722. The first-order valence-electron chi connectivity index (χ1n) is 7.63. The summed E-state index contributed by atoms with van der Waals surface area (Å²) in [6.07, 6.45) is 0. The Morgan fingerprint density at radius 1 is 1.04 bits per heavy atom. The molecule has 0 aliphatic carbocycles. The maximum atomic E-state index is 13.0. The zero-order chi connectivity index (χ0) is 17.0. The Hall–Kier alpha value is -3.08. The van der Waals surface area contributed by atoms with E-state index in [4.69, 9.17) is 4.42 Å². The van der Waals surface area contributed by atoms with Crippen LogP contribution in [0.1, 0.15) is 38.9 Å². The standard InChI is InChI=1S/C19H15NO4/c1-9-7-13-14(8-10(9)2)24-18-15(17(13)22)16(20-19(18)23)11-3-5-12(21)6-4-11/h3-8,16,21H,1-2H3,(H,20,23)/t16-/m1/s1. The minimum absolute atomic E-state index is 0.0637. The summed E-state index contributed by atoms with van der Waals surface area (Å²) in [4.78, 5) is 25.2. The van der Waals surface area contributed by atoms with Gasteiger partial charge in [-0.25, -0.2) is 0 Å². The number of phenolic OH excluding ortho intramolecular Hbond substituents is 1. The normalized spacial score (nSPS) is 16.2. The fraction of sp³-hybridized carbons (Fsp3) is 0.158. The van der Waals surface area contributed by atoms with E-state index in [-0.39, 0.29) is 16.9 Å². The van der Waals surface area contributed by atoms with Crippen LogP contribution in [0, 0.1) is 13.8 Å². The van der Waals surface area contributed by atoms with Crippen molar-refractivity contribution >= 4 is 16.9 Å². The van der Waals surface area contributed by atoms with Crippen LogP contribution in [0.5, 0.6) is 5.75 Å². The summed E-state index contributed by atoms with van der Waals surface area (Å²) >= 11 is 0. The first-order valence-corrected chi connectivity index (χ1v) is 7.63. The van der Waals surface area contributed by atoms with Gasteiger partial charge in [0, 0.05) is 0 Å². The molecule has 0 spiro atoms. The molecule has 1 aliphatic heterocycles. The van der Waals surface area contributed by atoms with Crippen molar-refractivity contribution in [3.05, 3.63) is 74.6 Å². The van der Waals surface area contributed by atoms with E-state index in [0.717, 1.165) is 16.7 Å². The number of amides is 1. The third-order valence-electron chi connectivity index (χ3n) is 4.54. The van der Waals surface area contributed by atoms with Crippen LogP contribution in [0.2, 0.25) is 0 Å². The van der Waals surface area contributed by atoms with Gasteiger partial charge in [-0.1, -0.05) is 12.1 Å². The van der Waals surface area contributed by atoms with Crippen LogP contribution in [0.15, 0.2) is 45.6 Å². The molecule has 4 rings (SSSR count). The van der Waals surface area contributed by atoms with Crippen LogP contribution in [0.25, 0.3) is 11.0 Å². The minimum atomic E-state index is -0.574. The number of carbonyl (C=O) groups excluding carboxylic acids is 1. The highest BCUT2D eigenvalue weighted by molar-refractivity contribution is 5.99. The van der Waals surface area contributed by atoms with Crippen molar-refractivity contribution in [3.63, 3.8) is 0 Å². The monoisotopic (exact) mass is 321 g/mol. The zero-order valence-electron chi connectivity index (χ0n) is 13.2. The van der Waals surface area contributed by atoms with Gasteiger partial charge in [-0.05, 0) is 54.8 Å². The highest BCUT2D eigenvalue weighted by Gasteiger charge is 2.35. The summed E-state index contributed by atoms with van der Waals surface area (Å²) in [5.74, 6) is -0.214. The molecule has 120 valence electrons. The smallest absolute Gasteiger partial charge is 0.288 e. The van der Waals surface area contributed by atoms with E-state index in [9.17, 15) is 14.7 Å². The molecule has 1 amide bonds. The van der Waals surface area contributed by atoms with Gasteiger partial charge in [0.1, 0.15) is 11.3 Å². The van der Waals surface area contributed by atoms with Gasteiger partial charge in [0.25, 0.3) is 5.91 Å². The lowest BCUT2D eigenvalue weighted by Gasteiger charge is -2.12. The average Bonchev–Trinajstić information content (AvgIpc) is 2.88. The predicted molar refractivity (Wildman–Crippen MR) is 89.4 cm³/mol. The fourth-order valence-electron chi connectivity index (χ4n) is 3.08. The van der Waals surface area contributed by atoms with Gasteiger partial charge in [-0.15, -0.1) is 0 Å². The third kappa shape index (κ3) is 2.01. The topological polar surface area (TPSA) is 79.5 Å². The molecule has 0 bridgehead atoms. The molecule has 3 aromatic rings. The molecule has 24 heavy (non-hydrogen) atoms. The van der Waals surface area contributed by atoms with E-state index in [1.54, 1.807) is 24.3 Å². The van der Waals surface area contributed by atoms with Crippen LogP contribution < -0.4 is 10.7 Å². The summed E-state index contributed by atoms with van der Waals surface area (Å²) in [5.41, 5.74) is 3.25. The molecular formula is C19H15NO4. The van der Waals surface area contributed by atoms with Crippen LogP contribution in [0.4, 0.5) is 0 Å². The number of rotatable bonds is 1. The van der Waals surface area contributed by atoms with E-state index in [0.29, 0.717) is 16.5 Å². The molecule has 0 fully saturated rings. The van der Waals surface area contributed by atoms with E-state index >= 15 is 0 Å². The Kier molecular flexibility index (Phi) is 3.00. The fourth-order valence-corrected chi connectivity index (χ4v) is 3.08. The molecule has 0 saturated carbocycles. The Morgan fingerprint density at radius 2 is 1.71 bits per heavy atom. The predicted octanol–water partition coefficient (Wildman–Crippen LogP) is 2.95. The maximum absolute atomic E-state index is 13.0. The van der Waals surface area contributed by atoms with E-state index in [1.807, 2.05) is 13.8 Å². The number of hydrogen-bond acceptors (Lipinski definition) is 4. The van der Waals surface area contributed by atoms with Crippen molar-refractivity contribution in [1.82, 2.24) is 5.32 Å². The number of fused-ring (bicyclic) bond motifs is 2. The van der Waals surface area contributed by atoms with Crippen molar-refractivity contribution in [2.45, 2.75) is 19.9 Å². The van der Waals surface area contributed by atoms with Crippen LogP contribution in [0.3, 0.4) is 0 Å². The third-order valence-corrected chi connectivity index (χ3v) is 4.54. The van der Waals surface area contributed by atoms with Crippen molar-refractivity contribution in [3.8, 4) is 5.75 Å². The van der Waals surface area contributed by atoms with E-state index < -0.39 is 11.9 Å². The van der Waals surface area contributed by atoms with Crippen LogP contribution in [-0.4, -0.2) is 11.0 Å². The van der Waals surface area contributed by atoms with E-state index in [2.05, 4.69) is 5.32 Å². The number of nitrogens with one attached hydrogen (secondary N) is 1. The molecule has 2 heterocycles.